The van der Waals surface area contributed by atoms with Crippen molar-refractivity contribution in [3.63, 3.8) is 0 Å². The van der Waals surface area contributed by atoms with Crippen molar-refractivity contribution in [3.8, 4) is 0 Å². The number of hydrogen-bond donors (Lipinski definition) is 0. The van der Waals surface area contributed by atoms with E-state index in [1.807, 2.05) is 48.5 Å². The zero-order chi connectivity index (χ0) is 14.8. The summed E-state index contributed by atoms with van der Waals surface area (Å²) in [6.45, 7) is 1.07. The molecule has 3 aromatic rings. The fourth-order valence-corrected chi connectivity index (χ4v) is 2.55. The first-order chi connectivity index (χ1) is 10.2. The van der Waals surface area contributed by atoms with E-state index in [9.17, 15) is 9.59 Å². The van der Waals surface area contributed by atoms with E-state index in [1.54, 1.807) is 0 Å². The third-order valence-corrected chi connectivity index (χ3v) is 3.46. The summed E-state index contributed by atoms with van der Waals surface area (Å²) in [6, 6.07) is 17.5. The van der Waals surface area contributed by atoms with Crippen LogP contribution in [-0.2, 0) is 9.53 Å². The summed E-state index contributed by atoms with van der Waals surface area (Å²) >= 11 is 0. The lowest BCUT2D eigenvalue weighted by Crippen LogP contribution is -2.12. The minimum absolute atomic E-state index is 0.182. The second-order valence-electron chi connectivity index (χ2n) is 4.90. The number of benzene rings is 3. The molecule has 0 heterocycles. The fraction of sp³-hybridized carbons (Fsp3) is 0.111. The summed E-state index contributed by atoms with van der Waals surface area (Å²) < 4.78 is 4.87. The van der Waals surface area contributed by atoms with Crippen molar-refractivity contribution in [3.05, 3.63) is 60.2 Å². The predicted molar refractivity (Wildman–Crippen MR) is 82.4 cm³/mol. The lowest BCUT2D eigenvalue weighted by molar-refractivity contribution is -0.139. The van der Waals surface area contributed by atoms with E-state index in [0.29, 0.717) is 5.56 Å². The van der Waals surface area contributed by atoms with Gasteiger partial charge in [0.1, 0.15) is 0 Å². The molecule has 0 aliphatic carbocycles. The van der Waals surface area contributed by atoms with Gasteiger partial charge in [0, 0.05) is 12.5 Å². The SMILES string of the molecule is CC(=O)OCC(=O)c1c2ccccc2cc2ccccc12. The number of carbonyl (C=O) groups is 2. The summed E-state index contributed by atoms with van der Waals surface area (Å²) in [5.41, 5.74) is 0.616. The highest BCUT2D eigenvalue weighted by Gasteiger charge is 2.15. The van der Waals surface area contributed by atoms with Crippen LogP contribution < -0.4 is 0 Å². The molecule has 0 aromatic heterocycles. The smallest absolute Gasteiger partial charge is 0.303 e. The summed E-state index contributed by atoms with van der Waals surface area (Å²) in [7, 11) is 0. The number of hydrogen-bond acceptors (Lipinski definition) is 3. The van der Waals surface area contributed by atoms with Gasteiger partial charge in [-0.2, -0.15) is 0 Å². The number of fused-ring (bicyclic) bond motifs is 2. The Morgan fingerprint density at radius 2 is 1.43 bits per heavy atom. The van der Waals surface area contributed by atoms with Crippen LogP contribution in [0.5, 0.6) is 0 Å². The van der Waals surface area contributed by atoms with Crippen molar-refractivity contribution in [2.75, 3.05) is 6.61 Å². The average molecular weight is 278 g/mol. The van der Waals surface area contributed by atoms with Gasteiger partial charge >= 0.3 is 5.97 Å². The molecule has 3 aromatic carbocycles. The van der Waals surface area contributed by atoms with E-state index < -0.39 is 5.97 Å². The normalized spacial score (nSPS) is 10.7. The van der Waals surface area contributed by atoms with Crippen LogP contribution in [0.4, 0.5) is 0 Å². The van der Waals surface area contributed by atoms with Crippen LogP contribution in [0.1, 0.15) is 17.3 Å². The molecule has 0 amide bonds. The number of ketones is 1. The minimum atomic E-state index is -0.451. The Kier molecular flexibility index (Phi) is 3.40. The van der Waals surface area contributed by atoms with Gasteiger partial charge in [0.2, 0.25) is 5.78 Å². The van der Waals surface area contributed by atoms with Gasteiger partial charge in [-0.3, -0.25) is 9.59 Å². The fourth-order valence-electron chi connectivity index (χ4n) is 2.55. The molecular formula is C18H14O3. The van der Waals surface area contributed by atoms with E-state index in [2.05, 4.69) is 6.07 Å². The molecular weight excluding hydrogens is 264 g/mol. The maximum atomic E-state index is 12.5. The van der Waals surface area contributed by atoms with Gasteiger partial charge in [-0.05, 0) is 27.6 Å². The van der Waals surface area contributed by atoms with E-state index in [-0.39, 0.29) is 12.4 Å². The lowest BCUT2D eigenvalue weighted by atomic mass is 9.94. The molecule has 21 heavy (non-hydrogen) atoms. The summed E-state index contributed by atoms with van der Waals surface area (Å²) in [5, 5.41) is 3.77. The number of rotatable bonds is 3. The third-order valence-electron chi connectivity index (χ3n) is 3.46. The van der Waals surface area contributed by atoms with Gasteiger partial charge in [0.05, 0.1) is 0 Å². The summed E-state index contributed by atoms with van der Waals surface area (Å²) in [5.74, 6) is -0.633. The molecule has 0 bridgehead atoms. The van der Waals surface area contributed by atoms with Gasteiger partial charge in [-0.1, -0.05) is 48.5 Å². The summed E-state index contributed by atoms with van der Waals surface area (Å²) in [4.78, 5) is 23.4. The Labute approximate surface area is 122 Å². The average Bonchev–Trinajstić information content (AvgIpc) is 2.50. The van der Waals surface area contributed by atoms with Crippen LogP contribution in [0.25, 0.3) is 21.5 Å². The Bertz CT molecular complexity index is 795. The first kappa shape index (κ1) is 13.3. The monoisotopic (exact) mass is 278 g/mol. The van der Waals surface area contributed by atoms with Gasteiger partial charge in [0.15, 0.2) is 6.61 Å². The topological polar surface area (TPSA) is 43.4 Å². The highest BCUT2D eigenvalue weighted by Crippen LogP contribution is 2.28. The largest absolute Gasteiger partial charge is 0.457 e. The highest BCUT2D eigenvalue weighted by molar-refractivity contribution is 6.19. The van der Waals surface area contributed by atoms with Crippen molar-refractivity contribution in [2.45, 2.75) is 6.92 Å². The molecule has 0 aliphatic heterocycles. The molecule has 0 saturated heterocycles. The number of Topliss-reactive ketones (excluding diaryl/α,β-unsaturated/α-hetero) is 1. The highest BCUT2D eigenvalue weighted by atomic mass is 16.5. The van der Waals surface area contributed by atoms with E-state index >= 15 is 0 Å². The molecule has 0 fully saturated rings. The van der Waals surface area contributed by atoms with Crippen molar-refractivity contribution < 1.29 is 14.3 Å². The Balaban J connectivity index is 2.25. The van der Waals surface area contributed by atoms with Crippen LogP contribution in [0.3, 0.4) is 0 Å². The van der Waals surface area contributed by atoms with Crippen molar-refractivity contribution in [1.82, 2.24) is 0 Å². The third kappa shape index (κ3) is 2.50. The van der Waals surface area contributed by atoms with E-state index in [4.69, 9.17) is 4.74 Å². The first-order valence-corrected chi connectivity index (χ1v) is 6.74. The maximum absolute atomic E-state index is 12.5. The van der Waals surface area contributed by atoms with Gasteiger partial charge in [0.25, 0.3) is 0 Å². The Hall–Kier alpha value is -2.68. The molecule has 0 spiro atoms. The van der Waals surface area contributed by atoms with Crippen LogP contribution in [0, 0.1) is 0 Å². The van der Waals surface area contributed by atoms with Crippen molar-refractivity contribution in [1.29, 1.82) is 0 Å². The number of ether oxygens (including phenoxy) is 1. The molecule has 3 heteroatoms. The number of esters is 1. The maximum Gasteiger partial charge on any atom is 0.303 e. The van der Waals surface area contributed by atoms with Crippen LogP contribution >= 0.6 is 0 Å². The van der Waals surface area contributed by atoms with Crippen molar-refractivity contribution in [2.24, 2.45) is 0 Å². The zero-order valence-corrected chi connectivity index (χ0v) is 11.6. The molecule has 0 atom stereocenters. The second-order valence-corrected chi connectivity index (χ2v) is 4.90. The van der Waals surface area contributed by atoms with Gasteiger partial charge in [-0.15, -0.1) is 0 Å². The predicted octanol–water partition coefficient (Wildman–Crippen LogP) is 3.74. The zero-order valence-electron chi connectivity index (χ0n) is 11.6. The van der Waals surface area contributed by atoms with Crippen LogP contribution in [0.2, 0.25) is 0 Å². The van der Waals surface area contributed by atoms with Gasteiger partial charge < -0.3 is 4.74 Å². The molecule has 0 radical (unpaired) electrons. The molecule has 104 valence electrons. The minimum Gasteiger partial charge on any atom is -0.457 e. The molecule has 0 aliphatic rings. The number of carbonyl (C=O) groups excluding carboxylic acids is 2. The van der Waals surface area contributed by atoms with Gasteiger partial charge in [-0.25, -0.2) is 0 Å². The Morgan fingerprint density at radius 1 is 0.905 bits per heavy atom. The molecule has 0 unspecified atom stereocenters. The Morgan fingerprint density at radius 3 is 1.95 bits per heavy atom. The molecule has 0 N–H and O–H groups in total. The summed E-state index contributed by atoms with van der Waals surface area (Å²) in [6.07, 6.45) is 0. The van der Waals surface area contributed by atoms with Crippen LogP contribution in [-0.4, -0.2) is 18.4 Å². The molecule has 3 rings (SSSR count). The van der Waals surface area contributed by atoms with Crippen molar-refractivity contribution >= 4 is 33.3 Å². The second kappa shape index (κ2) is 5.37. The first-order valence-electron chi connectivity index (χ1n) is 6.74. The lowest BCUT2D eigenvalue weighted by Gasteiger charge is -2.10. The standard InChI is InChI=1S/C18H14O3/c1-12(19)21-11-17(20)18-15-8-4-2-6-13(15)10-14-7-3-5-9-16(14)18/h2-10H,11H2,1H3. The van der Waals surface area contributed by atoms with Crippen LogP contribution in [0.15, 0.2) is 54.6 Å². The quantitative estimate of drug-likeness (QED) is 0.416. The molecule has 0 saturated carbocycles. The molecule has 3 nitrogen and oxygen atoms in total. The van der Waals surface area contributed by atoms with E-state index in [0.717, 1.165) is 21.5 Å². The van der Waals surface area contributed by atoms with E-state index in [1.165, 1.54) is 6.92 Å².